The van der Waals surface area contributed by atoms with Crippen molar-refractivity contribution in [1.82, 2.24) is 10.2 Å². The van der Waals surface area contributed by atoms with Crippen LogP contribution in [0, 0.1) is 20.8 Å². The van der Waals surface area contributed by atoms with E-state index in [-0.39, 0.29) is 5.91 Å². The first kappa shape index (κ1) is 16.9. The largest absolute Gasteiger partial charge is 0.421 e. The van der Waals surface area contributed by atoms with Gasteiger partial charge < -0.3 is 9.73 Å². The molecule has 3 rings (SSSR count). The van der Waals surface area contributed by atoms with E-state index >= 15 is 0 Å². The Morgan fingerprint density at radius 2 is 1.64 bits per heavy atom. The van der Waals surface area contributed by atoms with Crippen molar-refractivity contribution in [3.05, 3.63) is 65.0 Å². The first-order valence-corrected chi connectivity index (χ1v) is 8.29. The molecule has 1 amide bonds. The Morgan fingerprint density at radius 3 is 2.36 bits per heavy atom. The Labute approximate surface area is 147 Å². The van der Waals surface area contributed by atoms with E-state index in [1.165, 1.54) is 0 Å². The van der Waals surface area contributed by atoms with Gasteiger partial charge >= 0.3 is 0 Å². The molecule has 1 aromatic heterocycles. The summed E-state index contributed by atoms with van der Waals surface area (Å²) in [4.78, 5) is 12.2. The summed E-state index contributed by atoms with van der Waals surface area (Å²) in [5.74, 6) is 0.895. The number of nitrogens with one attached hydrogen (secondary N) is 1. The number of para-hydroxylation sites is 1. The van der Waals surface area contributed by atoms with E-state index < -0.39 is 0 Å². The minimum atomic E-state index is -0.0620. The zero-order valence-corrected chi connectivity index (χ0v) is 14.7. The highest BCUT2D eigenvalue weighted by atomic mass is 16.4. The molecule has 128 valence electrons. The summed E-state index contributed by atoms with van der Waals surface area (Å²) in [7, 11) is 0. The molecule has 2 aromatic carbocycles. The molecule has 0 bridgehead atoms. The lowest BCUT2D eigenvalue weighted by Crippen LogP contribution is -2.14. The lowest BCUT2D eigenvalue weighted by atomic mass is 10.1. The van der Waals surface area contributed by atoms with E-state index in [4.69, 9.17) is 4.42 Å². The van der Waals surface area contributed by atoms with Crippen LogP contribution in [0.2, 0.25) is 0 Å². The number of hydrogen-bond acceptors (Lipinski definition) is 4. The van der Waals surface area contributed by atoms with Crippen molar-refractivity contribution >= 4 is 11.6 Å². The smallest absolute Gasteiger partial charge is 0.247 e. The molecule has 0 unspecified atom stereocenters. The van der Waals surface area contributed by atoms with Crippen LogP contribution in [0.3, 0.4) is 0 Å². The topological polar surface area (TPSA) is 68.0 Å². The maximum atomic E-state index is 12.2. The summed E-state index contributed by atoms with van der Waals surface area (Å²) in [5, 5.41) is 11.1. The summed E-state index contributed by atoms with van der Waals surface area (Å²) in [6.45, 7) is 5.96. The second-order valence-electron chi connectivity index (χ2n) is 6.13. The molecular formula is C20H21N3O2. The molecule has 0 saturated heterocycles. The van der Waals surface area contributed by atoms with Crippen LogP contribution in [-0.4, -0.2) is 16.1 Å². The number of carbonyl (C=O) groups excluding carboxylic acids is 1. The van der Waals surface area contributed by atoms with Gasteiger partial charge in [0.15, 0.2) is 0 Å². The molecule has 3 aromatic rings. The van der Waals surface area contributed by atoms with Gasteiger partial charge in [-0.15, -0.1) is 10.2 Å². The lowest BCUT2D eigenvalue weighted by Gasteiger charge is -2.10. The summed E-state index contributed by atoms with van der Waals surface area (Å²) in [6.07, 6.45) is 0.707. The van der Waals surface area contributed by atoms with Gasteiger partial charge in [-0.3, -0.25) is 4.79 Å². The van der Waals surface area contributed by atoms with Gasteiger partial charge in [-0.1, -0.05) is 36.4 Å². The lowest BCUT2D eigenvalue weighted by molar-refractivity contribution is -0.116. The normalized spacial score (nSPS) is 10.7. The molecular weight excluding hydrogens is 314 g/mol. The second kappa shape index (κ2) is 7.30. The Bertz CT molecular complexity index is 879. The Balaban J connectivity index is 1.63. The average Bonchev–Trinajstić information content (AvgIpc) is 3.06. The highest BCUT2D eigenvalue weighted by molar-refractivity contribution is 5.92. The van der Waals surface area contributed by atoms with Crippen LogP contribution in [0.5, 0.6) is 0 Å². The quantitative estimate of drug-likeness (QED) is 0.757. The van der Waals surface area contributed by atoms with E-state index in [0.29, 0.717) is 24.6 Å². The first-order chi connectivity index (χ1) is 12.0. The number of hydrogen-bond donors (Lipinski definition) is 1. The Kier molecular flexibility index (Phi) is 4.93. The molecule has 1 N–H and O–H groups in total. The maximum Gasteiger partial charge on any atom is 0.247 e. The number of amides is 1. The number of aryl methyl sites for hydroxylation is 4. The predicted octanol–water partition coefficient (Wildman–Crippen LogP) is 4.23. The van der Waals surface area contributed by atoms with Crippen molar-refractivity contribution in [1.29, 1.82) is 0 Å². The summed E-state index contributed by atoms with van der Waals surface area (Å²) in [6, 6.07) is 13.8. The molecule has 0 radical (unpaired) electrons. The maximum absolute atomic E-state index is 12.2. The third-order valence-electron chi connectivity index (χ3n) is 4.15. The third-order valence-corrected chi connectivity index (χ3v) is 4.15. The molecule has 0 atom stereocenters. The van der Waals surface area contributed by atoms with Crippen molar-refractivity contribution in [2.45, 2.75) is 33.6 Å². The molecule has 5 nitrogen and oxygen atoms in total. The fourth-order valence-electron chi connectivity index (χ4n) is 2.71. The van der Waals surface area contributed by atoms with Gasteiger partial charge in [0.2, 0.25) is 17.7 Å². The number of aromatic nitrogens is 2. The molecule has 0 aliphatic heterocycles. The van der Waals surface area contributed by atoms with Gasteiger partial charge in [0.1, 0.15) is 0 Å². The van der Waals surface area contributed by atoms with Crippen molar-refractivity contribution in [2.24, 2.45) is 0 Å². The number of nitrogens with zero attached hydrogens (tertiary/aromatic N) is 2. The molecule has 5 heteroatoms. The van der Waals surface area contributed by atoms with Crippen LogP contribution in [0.4, 0.5) is 5.69 Å². The van der Waals surface area contributed by atoms with Crippen LogP contribution < -0.4 is 5.32 Å². The Morgan fingerprint density at radius 1 is 0.960 bits per heavy atom. The summed E-state index contributed by atoms with van der Waals surface area (Å²) < 4.78 is 5.70. The molecule has 25 heavy (non-hydrogen) atoms. The van der Waals surface area contributed by atoms with Crippen molar-refractivity contribution in [3.8, 4) is 11.5 Å². The first-order valence-electron chi connectivity index (χ1n) is 8.29. The van der Waals surface area contributed by atoms with E-state index in [0.717, 1.165) is 27.9 Å². The molecule has 0 fully saturated rings. The van der Waals surface area contributed by atoms with Gasteiger partial charge in [-0.25, -0.2) is 0 Å². The number of anilines is 1. The van der Waals surface area contributed by atoms with Crippen molar-refractivity contribution in [3.63, 3.8) is 0 Å². The zero-order valence-electron chi connectivity index (χ0n) is 14.7. The molecule has 0 saturated carbocycles. The second-order valence-corrected chi connectivity index (χ2v) is 6.13. The molecule has 0 aliphatic rings. The highest BCUT2D eigenvalue weighted by Crippen LogP contribution is 2.22. The fraction of sp³-hybridized carbons (Fsp3) is 0.250. The predicted molar refractivity (Wildman–Crippen MR) is 97.3 cm³/mol. The van der Waals surface area contributed by atoms with Crippen LogP contribution in [0.25, 0.3) is 11.5 Å². The number of carbonyl (C=O) groups is 1. The van der Waals surface area contributed by atoms with Gasteiger partial charge in [0.05, 0.1) is 0 Å². The minimum Gasteiger partial charge on any atom is -0.421 e. The monoisotopic (exact) mass is 335 g/mol. The Hall–Kier alpha value is -2.95. The van der Waals surface area contributed by atoms with Gasteiger partial charge in [-0.05, 0) is 43.5 Å². The van der Waals surface area contributed by atoms with Crippen LogP contribution in [-0.2, 0) is 11.2 Å². The SMILES string of the molecule is Cc1ccccc1-c1nnc(CCC(=O)Nc2c(C)cccc2C)o1. The van der Waals surface area contributed by atoms with Crippen LogP contribution in [0.1, 0.15) is 29.0 Å². The molecule has 0 aliphatic carbocycles. The standard InChI is InChI=1S/C20H21N3O2/c1-13-7-4-5-10-16(13)20-23-22-18(25-20)12-11-17(24)21-19-14(2)8-6-9-15(19)3/h4-10H,11-12H2,1-3H3,(H,21,24). The van der Waals surface area contributed by atoms with Gasteiger partial charge in [0.25, 0.3) is 0 Å². The van der Waals surface area contributed by atoms with Crippen LogP contribution >= 0.6 is 0 Å². The minimum absolute atomic E-state index is 0.0620. The van der Waals surface area contributed by atoms with Crippen molar-refractivity contribution < 1.29 is 9.21 Å². The van der Waals surface area contributed by atoms with Crippen molar-refractivity contribution in [2.75, 3.05) is 5.32 Å². The number of rotatable bonds is 5. The summed E-state index contributed by atoms with van der Waals surface area (Å²) in [5.41, 5.74) is 4.96. The molecule has 0 spiro atoms. The number of benzene rings is 2. The molecule has 1 heterocycles. The fourth-order valence-corrected chi connectivity index (χ4v) is 2.71. The highest BCUT2D eigenvalue weighted by Gasteiger charge is 2.13. The van der Waals surface area contributed by atoms with E-state index in [9.17, 15) is 4.79 Å². The van der Waals surface area contributed by atoms with Gasteiger partial charge in [-0.2, -0.15) is 0 Å². The van der Waals surface area contributed by atoms with E-state index in [1.54, 1.807) is 0 Å². The average molecular weight is 335 g/mol. The van der Waals surface area contributed by atoms with Gasteiger partial charge in [0, 0.05) is 24.1 Å². The zero-order chi connectivity index (χ0) is 17.8. The van der Waals surface area contributed by atoms with E-state index in [1.807, 2.05) is 63.2 Å². The van der Waals surface area contributed by atoms with E-state index in [2.05, 4.69) is 15.5 Å². The van der Waals surface area contributed by atoms with Crippen LogP contribution in [0.15, 0.2) is 46.9 Å². The summed E-state index contributed by atoms with van der Waals surface area (Å²) >= 11 is 0. The third kappa shape index (κ3) is 3.94.